The topological polar surface area (TPSA) is 115 Å². The maximum Gasteiger partial charge on any atom is 0.227 e. The third-order valence-corrected chi connectivity index (χ3v) is 6.00. The fourth-order valence-corrected chi connectivity index (χ4v) is 4.03. The zero-order valence-corrected chi connectivity index (χ0v) is 17.9. The van der Waals surface area contributed by atoms with E-state index < -0.39 is 5.60 Å². The van der Waals surface area contributed by atoms with Crippen molar-refractivity contribution in [3.8, 4) is 0 Å². The van der Waals surface area contributed by atoms with Gasteiger partial charge in [0, 0.05) is 18.0 Å². The first-order valence-electron chi connectivity index (χ1n) is 10.3. The Morgan fingerprint density at radius 1 is 1.27 bits per heavy atom. The fraction of sp³-hybridized carbons (Fsp3) is 0.650. The third-order valence-electron chi connectivity index (χ3n) is 6.00. The fourth-order valence-electron chi connectivity index (χ4n) is 4.03. The van der Waals surface area contributed by atoms with Gasteiger partial charge in [0.05, 0.1) is 44.0 Å². The van der Waals surface area contributed by atoms with Gasteiger partial charge in [-0.3, -0.25) is 9.59 Å². The van der Waals surface area contributed by atoms with Gasteiger partial charge in [0.25, 0.3) is 0 Å². The summed E-state index contributed by atoms with van der Waals surface area (Å²) in [6.07, 6.45) is 1.03. The molecule has 4 heterocycles. The zero-order chi connectivity index (χ0) is 21.5. The Kier molecular flexibility index (Phi) is 5.35. The molecule has 2 aromatic heterocycles. The predicted octanol–water partition coefficient (Wildman–Crippen LogP) is 0.899. The molecule has 1 N–H and O–H groups in total. The van der Waals surface area contributed by atoms with E-state index in [1.165, 1.54) is 0 Å². The van der Waals surface area contributed by atoms with E-state index in [4.69, 9.17) is 9.26 Å². The number of aryl methyl sites for hydroxylation is 2. The third kappa shape index (κ3) is 3.83. The molecule has 30 heavy (non-hydrogen) atoms. The Labute approximate surface area is 174 Å². The average molecular weight is 416 g/mol. The second-order valence-corrected chi connectivity index (χ2v) is 8.53. The highest BCUT2D eigenvalue weighted by atomic mass is 16.5. The van der Waals surface area contributed by atoms with Crippen LogP contribution < -0.4 is 5.32 Å². The summed E-state index contributed by atoms with van der Waals surface area (Å²) in [7, 11) is 0. The van der Waals surface area contributed by atoms with Crippen molar-refractivity contribution < 1.29 is 18.8 Å². The van der Waals surface area contributed by atoms with Crippen molar-refractivity contribution in [3.63, 3.8) is 0 Å². The number of nitrogens with zero attached hydrogens (tertiary/aromatic N) is 5. The van der Waals surface area contributed by atoms with Gasteiger partial charge in [-0.15, -0.1) is 5.10 Å². The molecule has 0 aliphatic carbocycles. The summed E-state index contributed by atoms with van der Waals surface area (Å²) in [5.74, 6) is 0.635. The lowest BCUT2D eigenvalue weighted by molar-refractivity contribution is -0.132. The van der Waals surface area contributed by atoms with Crippen LogP contribution in [-0.4, -0.2) is 55.6 Å². The minimum Gasteiger partial charge on any atom is -0.365 e. The van der Waals surface area contributed by atoms with E-state index in [0.29, 0.717) is 38.5 Å². The maximum atomic E-state index is 12.8. The predicted molar refractivity (Wildman–Crippen MR) is 105 cm³/mol. The van der Waals surface area contributed by atoms with Crippen molar-refractivity contribution >= 4 is 11.8 Å². The molecule has 1 saturated heterocycles. The molecule has 2 aromatic rings. The highest BCUT2D eigenvalue weighted by Gasteiger charge is 2.44. The largest absolute Gasteiger partial charge is 0.365 e. The van der Waals surface area contributed by atoms with Gasteiger partial charge >= 0.3 is 0 Å². The van der Waals surface area contributed by atoms with Crippen LogP contribution in [0.1, 0.15) is 48.7 Å². The van der Waals surface area contributed by atoms with Gasteiger partial charge in [-0.05, 0) is 20.3 Å². The molecule has 0 radical (unpaired) electrons. The molecular formula is C20H28N6O4. The summed E-state index contributed by atoms with van der Waals surface area (Å²) < 4.78 is 13.2. The van der Waals surface area contributed by atoms with Gasteiger partial charge in [0.1, 0.15) is 17.1 Å². The molecule has 0 saturated carbocycles. The summed E-state index contributed by atoms with van der Waals surface area (Å²) >= 11 is 0. The summed E-state index contributed by atoms with van der Waals surface area (Å²) in [5.41, 5.74) is 2.77. The number of hydrogen-bond donors (Lipinski definition) is 1. The molecule has 0 aromatic carbocycles. The minimum atomic E-state index is -0.451. The Bertz CT molecular complexity index is 945. The minimum absolute atomic E-state index is 0.0202. The molecule has 162 valence electrons. The number of ether oxygens (including phenoxy) is 1. The van der Waals surface area contributed by atoms with Gasteiger partial charge in [-0.2, -0.15) is 0 Å². The van der Waals surface area contributed by atoms with Gasteiger partial charge in [0.2, 0.25) is 11.8 Å². The summed E-state index contributed by atoms with van der Waals surface area (Å²) in [6.45, 7) is 9.79. The van der Waals surface area contributed by atoms with Crippen molar-refractivity contribution in [2.75, 3.05) is 13.1 Å². The van der Waals surface area contributed by atoms with E-state index in [0.717, 1.165) is 29.1 Å². The van der Waals surface area contributed by atoms with Crippen LogP contribution in [0.5, 0.6) is 0 Å². The number of carbonyl (C=O) groups is 2. The Morgan fingerprint density at radius 2 is 2.07 bits per heavy atom. The number of aromatic nitrogens is 4. The lowest BCUT2D eigenvalue weighted by Crippen LogP contribution is -2.45. The number of likely N-dealkylation sites (tertiary alicyclic amines) is 1. The number of amides is 2. The molecule has 1 spiro atoms. The first-order chi connectivity index (χ1) is 14.3. The van der Waals surface area contributed by atoms with Crippen molar-refractivity contribution in [1.29, 1.82) is 0 Å². The van der Waals surface area contributed by atoms with E-state index in [1.807, 2.05) is 37.3 Å². The SMILES string of the molecule is Cc1noc(C)c1CC(=O)N1CCC2(C1)Cn1nnc(CNC(=O)C(C)C)c1CO2. The van der Waals surface area contributed by atoms with E-state index in [1.54, 1.807) is 0 Å². The second-order valence-electron chi connectivity index (χ2n) is 8.53. The smallest absolute Gasteiger partial charge is 0.227 e. The monoisotopic (exact) mass is 416 g/mol. The van der Waals surface area contributed by atoms with Crippen LogP contribution in [0.3, 0.4) is 0 Å². The van der Waals surface area contributed by atoms with Gasteiger partial charge in [-0.25, -0.2) is 4.68 Å². The van der Waals surface area contributed by atoms with Crippen LogP contribution in [-0.2, 0) is 40.4 Å². The van der Waals surface area contributed by atoms with E-state index >= 15 is 0 Å². The summed E-state index contributed by atoms with van der Waals surface area (Å²) in [4.78, 5) is 26.5. The highest BCUT2D eigenvalue weighted by Crippen LogP contribution is 2.33. The quantitative estimate of drug-likeness (QED) is 0.770. The van der Waals surface area contributed by atoms with Crippen molar-refractivity contribution in [2.24, 2.45) is 5.92 Å². The van der Waals surface area contributed by atoms with E-state index in [9.17, 15) is 9.59 Å². The Balaban J connectivity index is 1.39. The van der Waals surface area contributed by atoms with Gasteiger partial charge in [0.15, 0.2) is 0 Å². The van der Waals surface area contributed by atoms with E-state index in [2.05, 4.69) is 20.8 Å². The van der Waals surface area contributed by atoms with Crippen LogP contribution in [0.2, 0.25) is 0 Å². The van der Waals surface area contributed by atoms with Crippen LogP contribution in [0.4, 0.5) is 0 Å². The molecular weight excluding hydrogens is 388 g/mol. The van der Waals surface area contributed by atoms with E-state index in [-0.39, 0.29) is 24.2 Å². The maximum absolute atomic E-state index is 12.8. The van der Waals surface area contributed by atoms with Crippen LogP contribution in [0.25, 0.3) is 0 Å². The molecule has 10 nitrogen and oxygen atoms in total. The summed E-state index contributed by atoms with van der Waals surface area (Å²) in [6, 6.07) is 0. The standard InChI is InChI=1S/C20H28N6O4/c1-12(2)19(28)21-8-16-17-9-29-20(11-26(17)24-22-16)5-6-25(10-20)18(27)7-15-13(3)23-30-14(15)4/h12H,5-11H2,1-4H3,(H,21,28). The lowest BCUT2D eigenvalue weighted by atomic mass is 10.0. The molecule has 2 aliphatic rings. The van der Waals surface area contributed by atoms with Crippen LogP contribution in [0, 0.1) is 19.8 Å². The molecule has 10 heteroatoms. The molecule has 2 amide bonds. The summed E-state index contributed by atoms with van der Waals surface area (Å²) in [5, 5.41) is 15.3. The van der Waals surface area contributed by atoms with Crippen LogP contribution in [0.15, 0.2) is 4.52 Å². The Hall–Kier alpha value is -2.75. The highest BCUT2D eigenvalue weighted by molar-refractivity contribution is 5.79. The molecule has 1 unspecified atom stereocenters. The molecule has 0 bridgehead atoms. The average Bonchev–Trinajstić information content (AvgIpc) is 3.40. The first kappa shape index (κ1) is 20.5. The number of carbonyl (C=O) groups excluding carboxylic acids is 2. The number of nitrogens with one attached hydrogen (secondary N) is 1. The second kappa shape index (κ2) is 7.82. The van der Waals surface area contributed by atoms with Gasteiger partial charge in [-0.1, -0.05) is 24.2 Å². The Morgan fingerprint density at radius 3 is 2.77 bits per heavy atom. The van der Waals surface area contributed by atoms with Gasteiger partial charge < -0.3 is 19.5 Å². The lowest BCUT2D eigenvalue weighted by Gasteiger charge is -2.34. The van der Waals surface area contributed by atoms with Crippen LogP contribution >= 0.6 is 0 Å². The zero-order valence-electron chi connectivity index (χ0n) is 17.9. The number of hydrogen-bond acceptors (Lipinski definition) is 7. The van der Waals surface area contributed by atoms with Crippen molar-refractivity contribution in [3.05, 3.63) is 28.4 Å². The molecule has 4 rings (SSSR count). The van der Waals surface area contributed by atoms with Crippen molar-refractivity contribution in [1.82, 2.24) is 30.4 Å². The number of rotatable bonds is 5. The number of fused-ring (bicyclic) bond motifs is 1. The van der Waals surface area contributed by atoms with Crippen molar-refractivity contribution in [2.45, 2.75) is 65.8 Å². The molecule has 1 atom stereocenters. The normalized spacial score (nSPS) is 20.8. The molecule has 2 aliphatic heterocycles. The first-order valence-corrected chi connectivity index (χ1v) is 10.3. The molecule has 1 fully saturated rings.